The van der Waals surface area contributed by atoms with E-state index in [0.717, 1.165) is 66.0 Å². The van der Waals surface area contributed by atoms with Crippen LogP contribution in [0.5, 0.6) is 0 Å². The number of aliphatic hydroxyl groups excluding tert-OH is 1. The second-order valence-corrected chi connectivity index (χ2v) is 39.3. The van der Waals surface area contributed by atoms with Crippen LogP contribution >= 0.6 is 21.6 Å². The van der Waals surface area contributed by atoms with Gasteiger partial charge in [-0.2, -0.15) is 4.98 Å². The van der Waals surface area contributed by atoms with E-state index in [4.69, 9.17) is 15.2 Å². The molecular formula is C93H116N14O25S2. The van der Waals surface area contributed by atoms with Crippen molar-refractivity contribution in [2.75, 3.05) is 109 Å². The molecule has 3 aromatic heterocycles. The SMILES string of the molecule is CC[C@]1(O)CC2CN(CCc3c([nH]c4ccccc34)[C@@](C(=O)OC)(c3cc4c(cc3C)CC3C45CCN4CC=C[C@](CC)(C45)[C@@H](O)[C@]3(O)C(=O)NNC(=O)OCCSSC[C@H](CC(=O)C[C@H](CC(=O)C[C@H](CC(=O)CN3CCN(CCNC(=O)C[C@H](NC(=O)CC[C@H](CC(=O)c4ccc(CCc5cnc6nc(N)[nH]c(=O)c6n5)cc4)C(=O)O)C(=O)O)CC3)C(=O)O)C(=O)O)C(=O)O)C2)C1. The van der Waals surface area contributed by atoms with Gasteiger partial charge in [0, 0.05) is 167 Å². The minimum atomic E-state index is -2.55. The number of piperidine rings is 1. The van der Waals surface area contributed by atoms with Crippen molar-refractivity contribution in [1.82, 2.24) is 66.0 Å². The number of hydrogen-bond donors (Lipinski definition) is 15. The van der Waals surface area contributed by atoms with Gasteiger partial charge >= 0.3 is 41.9 Å². The number of hydrogen-bond acceptors (Lipinski definition) is 30. The van der Waals surface area contributed by atoms with Gasteiger partial charge in [-0.05, 0) is 123 Å². The molecule has 15 atom stereocenters. The summed E-state index contributed by atoms with van der Waals surface area (Å²) in [6.07, 6.45) is 0.625. The number of nitrogens with two attached hydrogens (primary N) is 1. The van der Waals surface area contributed by atoms with Crippen molar-refractivity contribution < 1.29 is 117 Å². The number of carboxylic acid groups (broad SMARTS) is 5. The first-order chi connectivity index (χ1) is 63.8. The van der Waals surface area contributed by atoms with Crippen LogP contribution in [-0.4, -0.2) is 301 Å². The summed E-state index contributed by atoms with van der Waals surface area (Å²) in [6.45, 7) is 10.0. The lowest BCUT2D eigenvalue weighted by atomic mass is 9.46. The molecule has 16 N–H and O–H groups in total. The van der Waals surface area contributed by atoms with E-state index in [0.29, 0.717) is 122 Å². The van der Waals surface area contributed by atoms with E-state index < -0.39 is 215 Å². The smallest absolute Gasteiger partial charge is 0.426 e. The number of carbonyl (C=O) groups excluding carboxylic acids is 9. The van der Waals surface area contributed by atoms with Crippen LogP contribution in [0, 0.1) is 47.8 Å². The number of methoxy groups -OCH3 is 1. The number of rotatable bonds is 43. The Morgan fingerprint density at radius 3 is 2.07 bits per heavy atom. The highest BCUT2D eigenvalue weighted by Crippen LogP contribution is 2.68. The highest BCUT2D eigenvalue weighted by molar-refractivity contribution is 8.76. The number of anilines is 1. The molecule has 2 bridgehead atoms. The molecule has 720 valence electrons. The molecule has 8 heterocycles. The number of aromatic nitrogens is 5. The number of Topliss-reactive ketones (excluding diaryl/α,β-unsaturated/α-hetero) is 4. The summed E-state index contributed by atoms with van der Waals surface area (Å²) in [4.78, 5) is 224. The standard InChI is InChI=1S/C93H116N14O25S2/c1-5-89(129)44-53-45-92(86(127)131-4,75-65(20-25-106(47-53)50-89)64-10-7-8-11-68(64)99-75)66-42-67-56(34-51(66)3)41-71-91(67)22-26-107-24-9-21-90(6-2,83(91)107)84(125)93(71,130)85(126)102-103-88(128)132-32-33-133-134-49-59(81(121)122)39-62(109)36-57(79(117)118)35-61(108)37-58(80(119)120)38-63(110)48-105-30-28-104(29-31-105)27-23-95-73(113)43-69(82(123)124)98-72(112)19-17-55(78(115)116)40-70(111)54-15-12-52(13-16-54)14-18-60-46-96-76-74(97-60)77(114)101-87(94)100-76/h7-13,15-16,21,34,42,46,53,55,57-59,69,71,83-84,99,125,129-130H,5-6,14,17-20,22-33,35-41,43-45,47-50H2,1-4H3,(H,95,113)(H,98,112)(H,102,126)(H,103,128)(H,115,116)(H,117,118)(H,119,120)(H,121,122)(H,123,124)(H3,94,96,100,101,114)/t53?,55-,57+,58-,59+,69+,71?,83?,84-,89+,90-,91?,92+,93+/m1/s1. The number of hydrazine groups is 1. The first-order valence-corrected chi connectivity index (χ1v) is 47.8. The van der Waals surface area contributed by atoms with E-state index in [2.05, 4.69) is 68.3 Å². The summed E-state index contributed by atoms with van der Waals surface area (Å²) in [5, 5.41) is 94.5. The molecular weight excluding hydrogens is 1780 g/mol. The van der Waals surface area contributed by atoms with Gasteiger partial charge < -0.3 is 71.7 Å². The van der Waals surface area contributed by atoms with Crippen LogP contribution in [0.2, 0.25) is 0 Å². The number of nitrogen functional groups attached to an aromatic ring is 1. The largest absolute Gasteiger partial charge is 0.481 e. The molecule has 13 rings (SSSR count). The Morgan fingerprint density at radius 1 is 0.716 bits per heavy atom. The normalized spacial score (nSPS) is 24.7. The zero-order valence-electron chi connectivity index (χ0n) is 75.1. The third-order valence-electron chi connectivity index (χ3n) is 28.3. The van der Waals surface area contributed by atoms with E-state index in [1.165, 1.54) is 25.4 Å². The number of aromatic amines is 2. The fourth-order valence-corrected chi connectivity index (χ4v) is 23.8. The number of esters is 1. The fraction of sp³-hybridized carbons (Fsp3) is 0.548. The van der Waals surface area contributed by atoms with Crippen LogP contribution in [-0.2, 0) is 104 Å². The Balaban J connectivity index is 0.521. The van der Waals surface area contributed by atoms with Gasteiger partial charge in [0.25, 0.3) is 11.5 Å². The molecule has 2 aliphatic carbocycles. The second kappa shape index (κ2) is 42.6. The summed E-state index contributed by atoms with van der Waals surface area (Å²) < 4.78 is 11.4. The average molecular weight is 1890 g/mol. The Morgan fingerprint density at radius 2 is 1.40 bits per heavy atom. The van der Waals surface area contributed by atoms with Crippen molar-refractivity contribution in [3.8, 4) is 0 Å². The maximum Gasteiger partial charge on any atom is 0.426 e. The number of fused-ring (bicyclic) bond motifs is 7. The number of aliphatic carboxylic acids is 5. The number of ether oxygens (including phenoxy) is 2. The van der Waals surface area contributed by atoms with Gasteiger partial charge in [0.1, 0.15) is 41.5 Å². The second-order valence-electron chi connectivity index (χ2n) is 36.7. The van der Waals surface area contributed by atoms with E-state index in [1.54, 1.807) is 17.0 Å². The first kappa shape index (κ1) is 100. The lowest BCUT2D eigenvalue weighted by Gasteiger charge is -2.63. The molecule has 134 heavy (non-hydrogen) atoms. The molecule has 3 saturated heterocycles. The maximum atomic E-state index is 15.5. The molecule has 0 radical (unpaired) electrons. The van der Waals surface area contributed by atoms with Crippen LogP contribution in [0.4, 0.5) is 10.7 Å². The first-order valence-electron chi connectivity index (χ1n) is 45.3. The van der Waals surface area contributed by atoms with Crippen molar-refractivity contribution in [3.63, 3.8) is 0 Å². The number of benzene rings is 3. The minimum Gasteiger partial charge on any atom is -0.481 e. The zero-order chi connectivity index (χ0) is 96.5. The molecule has 6 aromatic rings. The third-order valence-corrected chi connectivity index (χ3v) is 30.7. The summed E-state index contributed by atoms with van der Waals surface area (Å²) in [7, 11) is 3.48. The molecule has 4 amide bonds. The molecule has 3 aromatic carbocycles. The lowest BCUT2D eigenvalue weighted by Crippen LogP contribution is -2.78. The van der Waals surface area contributed by atoms with E-state index in [9.17, 15) is 103 Å². The molecule has 5 aliphatic heterocycles. The zero-order valence-corrected chi connectivity index (χ0v) is 76.7. The molecule has 7 aliphatic rings. The third kappa shape index (κ3) is 21.7. The van der Waals surface area contributed by atoms with E-state index >= 15 is 9.59 Å². The topological polar surface area (TPSA) is 594 Å². The monoisotopic (exact) mass is 1890 g/mol. The van der Waals surface area contributed by atoms with Gasteiger partial charge in [0.05, 0.1) is 61.2 Å². The summed E-state index contributed by atoms with van der Waals surface area (Å²) in [5.41, 5.74) is 9.82. The number of amides is 4. The number of H-pyrrole nitrogens is 2. The molecule has 1 spiro atoms. The maximum absolute atomic E-state index is 15.5. The van der Waals surface area contributed by atoms with Crippen LogP contribution in [0.3, 0.4) is 0 Å². The number of aliphatic hydroxyl groups is 3. The number of nitrogens with zero attached hydrogens (tertiary/aromatic N) is 7. The van der Waals surface area contributed by atoms with Crippen LogP contribution in [0.15, 0.2) is 83.8 Å². The Hall–Kier alpha value is -11.4. The van der Waals surface area contributed by atoms with Gasteiger partial charge in [-0.3, -0.25) is 92.3 Å². The molecule has 4 fully saturated rings. The number of nitrogens with one attached hydrogen (secondary N) is 6. The summed E-state index contributed by atoms with van der Waals surface area (Å²) in [6, 6.07) is 16.4. The number of carbonyl (C=O) groups is 14. The molecule has 1 saturated carbocycles. The van der Waals surface area contributed by atoms with Crippen molar-refractivity contribution in [1.29, 1.82) is 0 Å². The molecule has 39 nitrogen and oxygen atoms in total. The highest BCUT2D eigenvalue weighted by Gasteiger charge is 2.77. The summed E-state index contributed by atoms with van der Waals surface area (Å²) >= 11 is 0. The quantitative estimate of drug-likeness (QED) is 0.00649. The number of carboxylic acids is 5. The number of para-hydroxylation sites is 1. The summed E-state index contributed by atoms with van der Waals surface area (Å²) in [5.74, 6) is -20.4. The fourth-order valence-electron chi connectivity index (χ4n) is 21.7. The van der Waals surface area contributed by atoms with Crippen LogP contribution < -0.4 is 32.8 Å². The molecule has 41 heteroatoms. The minimum absolute atomic E-state index is 0.0298. The number of aryl methyl sites for hydroxylation is 3. The van der Waals surface area contributed by atoms with Crippen molar-refractivity contribution in [2.24, 2.45) is 40.9 Å². The number of piperazine rings is 1. The van der Waals surface area contributed by atoms with Gasteiger partial charge in [-0.15, -0.1) is 0 Å². The Kier molecular flexibility index (Phi) is 31.8. The molecule has 5 unspecified atom stereocenters. The van der Waals surface area contributed by atoms with Gasteiger partial charge in [0.2, 0.25) is 17.8 Å². The lowest BCUT2D eigenvalue weighted by molar-refractivity contribution is -0.220. The highest BCUT2D eigenvalue weighted by atomic mass is 33.1. The van der Waals surface area contributed by atoms with Crippen molar-refractivity contribution in [3.05, 3.63) is 140 Å². The van der Waals surface area contributed by atoms with Crippen LogP contribution in [0.25, 0.3) is 22.1 Å². The Labute approximate surface area is 778 Å². The van der Waals surface area contributed by atoms with E-state index in [1.807, 2.05) is 62.1 Å². The average Bonchev–Trinajstić information content (AvgIpc) is 1.48. The van der Waals surface area contributed by atoms with Crippen LogP contribution in [0.1, 0.15) is 159 Å². The van der Waals surface area contributed by atoms with Gasteiger partial charge in [0.15, 0.2) is 22.5 Å². The van der Waals surface area contributed by atoms with Crippen molar-refractivity contribution in [2.45, 2.75) is 177 Å². The van der Waals surface area contributed by atoms with E-state index in [-0.39, 0.29) is 79.2 Å². The predicted octanol–water partition coefficient (Wildman–Crippen LogP) is 3.64. The Bertz CT molecular complexity index is 5610. The van der Waals surface area contributed by atoms with Gasteiger partial charge in [-0.1, -0.05) is 102 Å². The number of ketones is 4. The van der Waals surface area contributed by atoms with Gasteiger partial charge in [-0.25, -0.2) is 25.0 Å². The van der Waals surface area contributed by atoms with Crippen molar-refractivity contribution >= 4 is 132 Å². The predicted molar refractivity (Wildman–Crippen MR) is 487 cm³/mol.